The molecule has 0 aromatic carbocycles. The fourth-order valence-corrected chi connectivity index (χ4v) is 5.23. The van der Waals surface area contributed by atoms with Crippen LogP contribution in [0.25, 0.3) is 22.6 Å². The van der Waals surface area contributed by atoms with Gasteiger partial charge in [-0.05, 0) is 25.0 Å². The van der Waals surface area contributed by atoms with Crippen molar-refractivity contribution in [2.24, 2.45) is 14.1 Å². The number of nitrogens with zero attached hydrogens (tertiary/aromatic N) is 9. The van der Waals surface area contributed by atoms with Gasteiger partial charge in [0.15, 0.2) is 5.69 Å². The molecule has 1 fully saturated rings. The van der Waals surface area contributed by atoms with Crippen molar-refractivity contribution in [1.82, 2.24) is 34.3 Å². The number of methoxy groups -OCH3 is 1. The lowest BCUT2D eigenvalue weighted by atomic mass is 10.0. The van der Waals surface area contributed by atoms with Crippen LogP contribution in [0.15, 0.2) is 30.9 Å². The molecular formula is C26H28F3N9O. The highest BCUT2D eigenvalue weighted by molar-refractivity contribution is 5.77. The molecule has 0 amide bonds. The van der Waals surface area contributed by atoms with Crippen molar-refractivity contribution < 1.29 is 17.9 Å². The number of ether oxygens (including phenoxy) is 1. The highest BCUT2D eigenvalue weighted by atomic mass is 19.4. The van der Waals surface area contributed by atoms with Gasteiger partial charge in [-0.2, -0.15) is 18.3 Å². The summed E-state index contributed by atoms with van der Waals surface area (Å²) in [6, 6.07) is 3.57. The Hall–Kier alpha value is -4.16. The Morgan fingerprint density at radius 1 is 1.03 bits per heavy atom. The van der Waals surface area contributed by atoms with Gasteiger partial charge >= 0.3 is 6.18 Å². The SMILES string of the molecule is COc1ncnc(C2CC2)c1-c1nn(C)c2c1CN(c1ccc(-c3nc(C(F)(F)F)cn3C)cn1)CCN2C. The fourth-order valence-electron chi connectivity index (χ4n) is 5.23. The zero-order valence-corrected chi connectivity index (χ0v) is 22.1. The standard InChI is InChI=1S/C26H28F3N9O/c1-35-9-10-38(19-8-7-16(11-30-19)23-33-18(13-36(23)2)26(27,28)29)12-17-22(34-37(3)25(17)35)20-21(15-5-6-15)31-14-32-24(20)39-4/h7-8,11,13-15H,5-6,9-10,12H2,1-4H3. The molecule has 0 bridgehead atoms. The molecular weight excluding hydrogens is 511 g/mol. The number of pyridine rings is 1. The highest BCUT2D eigenvalue weighted by Crippen LogP contribution is 2.47. The molecule has 0 N–H and O–H groups in total. The third-order valence-electron chi connectivity index (χ3n) is 7.26. The van der Waals surface area contributed by atoms with Crippen molar-refractivity contribution in [1.29, 1.82) is 0 Å². The van der Waals surface area contributed by atoms with E-state index in [0.717, 1.165) is 53.9 Å². The summed E-state index contributed by atoms with van der Waals surface area (Å²) in [5, 5.41) is 4.91. The summed E-state index contributed by atoms with van der Waals surface area (Å²) in [4.78, 5) is 21.7. The molecule has 1 aliphatic heterocycles. The first kappa shape index (κ1) is 25.1. The third-order valence-corrected chi connectivity index (χ3v) is 7.26. The zero-order valence-electron chi connectivity index (χ0n) is 22.1. The van der Waals surface area contributed by atoms with Gasteiger partial charge in [-0.15, -0.1) is 0 Å². The summed E-state index contributed by atoms with van der Waals surface area (Å²) >= 11 is 0. The van der Waals surface area contributed by atoms with Crippen LogP contribution in [0.1, 0.15) is 35.7 Å². The van der Waals surface area contributed by atoms with Crippen LogP contribution < -0.4 is 14.5 Å². The number of hydrogen-bond acceptors (Lipinski definition) is 8. The van der Waals surface area contributed by atoms with Crippen LogP contribution in [0, 0.1) is 0 Å². The molecule has 0 spiro atoms. The largest absolute Gasteiger partial charge is 0.480 e. The van der Waals surface area contributed by atoms with Gasteiger partial charge in [0.05, 0.1) is 24.9 Å². The second kappa shape index (κ2) is 9.24. The first-order valence-electron chi connectivity index (χ1n) is 12.6. The van der Waals surface area contributed by atoms with Crippen LogP contribution in [0.4, 0.5) is 24.8 Å². The summed E-state index contributed by atoms with van der Waals surface area (Å²) in [5.74, 6) is 2.77. The molecule has 204 valence electrons. The average molecular weight is 540 g/mol. The molecule has 6 rings (SSSR count). The van der Waals surface area contributed by atoms with Gasteiger partial charge < -0.3 is 19.1 Å². The van der Waals surface area contributed by atoms with E-state index in [1.807, 2.05) is 24.8 Å². The number of fused-ring (bicyclic) bond motifs is 1. The van der Waals surface area contributed by atoms with E-state index in [1.165, 1.54) is 4.57 Å². The van der Waals surface area contributed by atoms with E-state index in [-0.39, 0.29) is 5.82 Å². The molecule has 5 heterocycles. The first-order chi connectivity index (χ1) is 18.7. The minimum Gasteiger partial charge on any atom is -0.480 e. The molecule has 0 saturated heterocycles. The van der Waals surface area contributed by atoms with Gasteiger partial charge in [0.1, 0.15) is 29.5 Å². The van der Waals surface area contributed by atoms with Crippen molar-refractivity contribution >= 4 is 11.6 Å². The number of aryl methyl sites for hydroxylation is 2. The Morgan fingerprint density at radius 3 is 2.46 bits per heavy atom. The second-order valence-corrected chi connectivity index (χ2v) is 10.00. The van der Waals surface area contributed by atoms with Gasteiger partial charge in [-0.3, -0.25) is 4.68 Å². The van der Waals surface area contributed by atoms with Gasteiger partial charge in [-0.1, -0.05) is 0 Å². The monoisotopic (exact) mass is 539 g/mol. The smallest absolute Gasteiger partial charge is 0.434 e. The molecule has 1 aliphatic carbocycles. The molecule has 0 atom stereocenters. The lowest BCUT2D eigenvalue weighted by Crippen LogP contribution is -2.30. The Kier molecular flexibility index (Phi) is 5.96. The molecule has 1 saturated carbocycles. The summed E-state index contributed by atoms with van der Waals surface area (Å²) < 4.78 is 48.3. The number of imidazole rings is 1. The third kappa shape index (κ3) is 4.45. The molecule has 10 nitrogen and oxygen atoms in total. The van der Waals surface area contributed by atoms with Crippen molar-refractivity contribution in [3.8, 4) is 28.5 Å². The number of hydrogen-bond donors (Lipinski definition) is 0. The van der Waals surface area contributed by atoms with E-state index in [9.17, 15) is 13.2 Å². The molecule has 2 aliphatic rings. The van der Waals surface area contributed by atoms with Crippen LogP contribution in [0.3, 0.4) is 0 Å². The minimum absolute atomic E-state index is 0.206. The summed E-state index contributed by atoms with van der Waals surface area (Å²) in [7, 11) is 7.10. The summed E-state index contributed by atoms with van der Waals surface area (Å²) in [6.45, 7) is 1.94. The highest BCUT2D eigenvalue weighted by Gasteiger charge is 2.36. The van der Waals surface area contributed by atoms with E-state index < -0.39 is 11.9 Å². The van der Waals surface area contributed by atoms with E-state index in [1.54, 1.807) is 32.7 Å². The van der Waals surface area contributed by atoms with Crippen LogP contribution in [0.2, 0.25) is 0 Å². The lowest BCUT2D eigenvalue weighted by Gasteiger charge is -2.23. The van der Waals surface area contributed by atoms with E-state index in [0.29, 0.717) is 36.3 Å². The number of halogens is 3. The molecule has 0 radical (unpaired) electrons. The zero-order chi connectivity index (χ0) is 27.5. The predicted octanol–water partition coefficient (Wildman–Crippen LogP) is 4.03. The molecule has 13 heteroatoms. The number of likely N-dealkylation sites (N-methyl/N-ethyl adjacent to an activating group) is 1. The Labute approximate surface area is 223 Å². The molecule has 39 heavy (non-hydrogen) atoms. The van der Waals surface area contributed by atoms with Crippen molar-refractivity contribution in [2.45, 2.75) is 31.5 Å². The quantitative estimate of drug-likeness (QED) is 0.376. The number of rotatable bonds is 5. The molecule has 4 aromatic rings. The van der Waals surface area contributed by atoms with Gasteiger partial charge in [-0.25, -0.2) is 19.9 Å². The van der Waals surface area contributed by atoms with Crippen LogP contribution >= 0.6 is 0 Å². The predicted molar refractivity (Wildman–Crippen MR) is 139 cm³/mol. The van der Waals surface area contributed by atoms with E-state index >= 15 is 0 Å². The van der Waals surface area contributed by atoms with Crippen LogP contribution in [0.5, 0.6) is 5.88 Å². The number of alkyl halides is 3. The normalized spacial score (nSPS) is 15.9. The molecule has 0 unspecified atom stereocenters. The van der Waals surface area contributed by atoms with Crippen LogP contribution in [-0.2, 0) is 26.8 Å². The van der Waals surface area contributed by atoms with Gasteiger partial charge in [0, 0.05) is 63.7 Å². The fraction of sp³-hybridized carbons (Fsp3) is 0.423. The number of aromatic nitrogens is 7. The Bertz CT molecular complexity index is 1520. The lowest BCUT2D eigenvalue weighted by molar-refractivity contribution is -0.140. The van der Waals surface area contributed by atoms with Crippen molar-refractivity contribution in [3.05, 3.63) is 47.8 Å². The van der Waals surface area contributed by atoms with E-state index in [2.05, 4.69) is 29.7 Å². The topological polar surface area (TPSA) is 90.0 Å². The van der Waals surface area contributed by atoms with Crippen molar-refractivity contribution in [3.63, 3.8) is 0 Å². The summed E-state index contributed by atoms with van der Waals surface area (Å²) in [5.41, 5.74) is 3.16. The van der Waals surface area contributed by atoms with Crippen LogP contribution in [-0.4, -0.2) is 61.5 Å². The maximum Gasteiger partial charge on any atom is 0.434 e. The Morgan fingerprint density at radius 2 is 1.82 bits per heavy atom. The Balaban J connectivity index is 1.37. The van der Waals surface area contributed by atoms with E-state index in [4.69, 9.17) is 9.84 Å². The van der Waals surface area contributed by atoms with Gasteiger partial charge in [0.25, 0.3) is 0 Å². The maximum absolute atomic E-state index is 13.1. The summed E-state index contributed by atoms with van der Waals surface area (Å²) in [6.07, 6.45) is 1.73. The second-order valence-electron chi connectivity index (χ2n) is 10.00. The van der Waals surface area contributed by atoms with Crippen molar-refractivity contribution in [2.75, 3.05) is 37.0 Å². The number of anilines is 2. The average Bonchev–Trinajstić information content (AvgIpc) is 3.64. The van der Waals surface area contributed by atoms with Gasteiger partial charge in [0.2, 0.25) is 5.88 Å². The minimum atomic E-state index is -4.51. The first-order valence-corrected chi connectivity index (χ1v) is 12.6. The maximum atomic E-state index is 13.1. The molecule has 4 aromatic heterocycles.